The molecular formula is C24H25N3O4S2. The summed E-state index contributed by atoms with van der Waals surface area (Å²) in [5.74, 6) is -0.176. The Balaban J connectivity index is 1.38. The Bertz CT molecular complexity index is 1220. The second-order valence-corrected chi connectivity index (χ2v) is 11.0. The van der Waals surface area contributed by atoms with Crippen molar-refractivity contribution in [3.05, 3.63) is 76.5 Å². The fraction of sp³-hybridized carbons (Fsp3) is 0.250. The van der Waals surface area contributed by atoms with Crippen molar-refractivity contribution in [2.75, 3.05) is 23.7 Å². The molecule has 0 spiro atoms. The van der Waals surface area contributed by atoms with E-state index in [4.69, 9.17) is 0 Å². The third-order valence-electron chi connectivity index (χ3n) is 5.52. The van der Waals surface area contributed by atoms with Gasteiger partial charge in [0.05, 0.1) is 9.77 Å². The van der Waals surface area contributed by atoms with Crippen molar-refractivity contribution in [3.8, 4) is 0 Å². The summed E-state index contributed by atoms with van der Waals surface area (Å²) in [6.45, 7) is 3.13. The Morgan fingerprint density at radius 1 is 0.939 bits per heavy atom. The quantitative estimate of drug-likeness (QED) is 0.532. The summed E-state index contributed by atoms with van der Waals surface area (Å²) in [4.78, 5) is 25.5. The third-order valence-corrected chi connectivity index (χ3v) is 8.27. The minimum Gasteiger partial charge on any atom is -0.322 e. The van der Waals surface area contributed by atoms with Crippen LogP contribution in [0, 0.1) is 5.92 Å². The molecule has 4 rings (SSSR count). The number of nitrogens with zero attached hydrogens (tertiary/aromatic N) is 1. The molecule has 1 fully saturated rings. The second kappa shape index (κ2) is 9.86. The maximum Gasteiger partial charge on any atom is 0.265 e. The maximum atomic E-state index is 12.9. The SMILES string of the molecule is CC1CCCN(S(=O)(=O)c2ccc(NC(=O)c3ccc(NC(=O)c4cccs4)cc3)cc2)C1. The predicted molar refractivity (Wildman–Crippen MR) is 130 cm³/mol. The van der Waals surface area contributed by atoms with Crippen LogP contribution < -0.4 is 10.6 Å². The summed E-state index contributed by atoms with van der Waals surface area (Å²) >= 11 is 1.35. The van der Waals surface area contributed by atoms with Crippen LogP contribution in [0.4, 0.5) is 11.4 Å². The molecule has 0 radical (unpaired) electrons. The Labute approximate surface area is 197 Å². The van der Waals surface area contributed by atoms with Gasteiger partial charge in [-0.25, -0.2) is 8.42 Å². The molecule has 1 aliphatic rings. The van der Waals surface area contributed by atoms with Crippen LogP contribution in [0.25, 0.3) is 0 Å². The van der Waals surface area contributed by atoms with Crippen LogP contribution >= 0.6 is 11.3 Å². The highest BCUT2D eigenvalue weighted by Gasteiger charge is 2.28. The minimum atomic E-state index is -3.54. The molecule has 1 atom stereocenters. The van der Waals surface area contributed by atoms with E-state index in [9.17, 15) is 18.0 Å². The lowest BCUT2D eigenvalue weighted by molar-refractivity contribution is 0.102. The second-order valence-electron chi connectivity index (χ2n) is 8.10. The van der Waals surface area contributed by atoms with Crippen LogP contribution in [0.1, 0.15) is 39.8 Å². The number of rotatable bonds is 6. The van der Waals surface area contributed by atoms with Gasteiger partial charge >= 0.3 is 0 Å². The molecule has 0 bridgehead atoms. The highest BCUT2D eigenvalue weighted by molar-refractivity contribution is 7.89. The number of carbonyl (C=O) groups is 2. The zero-order valence-electron chi connectivity index (χ0n) is 18.2. The number of piperidine rings is 1. The van der Waals surface area contributed by atoms with Gasteiger partial charge in [-0.1, -0.05) is 13.0 Å². The Morgan fingerprint density at radius 3 is 2.18 bits per heavy atom. The third kappa shape index (κ3) is 5.50. The standard InChI is InChI=1S/C24H25N3O4S2/c1-17-4-2-14-27(16-17)33(30,31)21-12-10-20(11-13-21)25-23(28)18-6-8-19(9-7-18)26-24(29)22-5-3-15-32-22/h3,5-13,15,17H,2,4,14,16H2,1H3,(H,25,28)(H,26,29). The average molecular weight is 484 g/mol. The van der Waals surface area contributed by atoms with E-state index in [-0.39, 0.29) is 16.7 Å². The molecule has 1 aliphatic heterocycles. The van der Waals surface area contributed by atoms with Crippen LogP contribution in [0.2, 0.25) is 0 Å². The van der Waals surface area contributed by atoms with E-state index >= 15 is 0 Å². The zero-order valence-corrected chi connectivity index (χ0v) is 19.8. The first kappa shape index (κ1) is 23.2. The van der Waals surface area contributed by atoms with Crippen LogP contribution in [-0.4, -0.2) is 37.6 Å². The summed E-state index contributed by atoms with van der Waals surface area (Å²) in [5, 5.41) is 7.39. The van der Waals surface area contributed by atoms with E-state index in [1.54, 1.807) is 42.5 Å². The van der Waals surface area contributed by atoms with Crippen molar-refractivity contribution >= 4 is 44.5 Å². The Hall–Kier alpha value is -3.01. The molecule has 1 aromatic heterocycles. The summed E-state index contributed by atoms with van der Waals surface area (Å²) in [7, 11) is -3.54. The van der Waals surface area contributed by atoms with E-state index in [0.717, 1.165) is 12.8 Å². The topological polar surface area (TPSA) is 95.6 Å². The Morgan fingerprint density at radius 2 is 1.58 bits per heavy atom. The first-order valence-corrected chi connectivity index (χ1v) is 13.0. The number of hydrogen-bond acceptors (Lipinski definition) is 5. The van der Waals surface area contributed by atoms with Crippen molar-refractivity contribution in [3.63, 3.8) is 0 Å². The van der Waals surface area contributed by atoms with E-state index in [1.807, 2.05) is 11.4 Å². The van der Waals surface area contributed by atoms with Crippen molar-refractivity contribution in [2.45, 2.75) is 24.7 Å². The van der Waals surface area contributed by atoms with Crippen LogP contribution in [0.3, 0.4) is 0 Å². The van der Waals surface area contributed by atoms with E-state index < -0.39 is 10.0 Å². The summed E-state index contributed by atoms with van der Waals surface area (Å²) in [5.41, 5.74) is 1.51. The van der Waals surface area contributed by atoms with Gasteiger partial charge in [-0.3, -0.25) is 9.59 Å². The summed E-state index contributed by atoms with van der Waals surface area (Å²) in [6, 6.07) is 16.3. The van der Waals surface area contributed by atoms with Crippen molar-refractivity contribution in [1.29, 1.82) is 0 Å². The van der Waals surface area contributed by atoms with Crippen LogP contribution in [-0.2, 0) is 10.0 Å². The first-order chi connectivity index (χ1) is 15.8. The summed E-state index contributed by atoms with van der Waals surface area (Å²) < 4.78 is 27.3. The maximum absolute atomic E-state index is 12.9. The molecule has 2 amide bonds. The van der Waals surface area contributed by atoms with Crippen molar-refractivity contribution in [2.24, 2.45) is 5.92 Å². The number of carbonyl (C=O) groups excluding carboxylic acids is 2. The number of hydrogen-bond donors (Lipinski definition) is 2. The first-order valence-electron chi connectivity index (χ1n) is 10.7. The Kier molecular flexibility index (Phi) is 6.92. The molecule has 9 heteroatoms. The largest absolute Gasteiger partial charge is 0.322 e. The molecule has 0 aliphatic carbocycles. The number of benzene rings is 2. The molecule has 2 aromatic carbocycles. The van der Waals surface area contributed by atoms with Gasteiger partial charge in [0.1, 0.15) is 0 Å². The van der Waals surface area contributed by atoms with E-state index in [0.29, 0.717) is 40.8 Å². The van der Waals surface area contributed by atoms with Gasteiger partial charge in [-0.15, -0.1) is 11.3 Å². The molecule has 1 saturated heterocycles. The molecule has 172 valence electrons. The van der Waals surface area contributed by atoms with Gasteiger partial charge in [0.2, 0.25) is 10.0 Å². The number of nitrogens with one attached hydrogen (secondary N) is 2. The fourth-order valence-corrected chi connectivity index (χ4v) is 5.95. The van der Waals surface area contributed by atoms with Gasteiger partial charge in [0.25, 0.3) is 11.8 Å². The van der Waals surface area contributed by atoms with Gasteiger partial charge < -0.3 is 10.6 Å². The van der Waals surface area contributed by atoms with Gasteiger partial charge in [-0.05, 0) is 78.7 Å². The van der Waals surface area contributed by atoms with E-state index in [2.05, 4.69) is 17.6 Å². The smallest absolute Gasteiger partial charge is 0.265 e. The monoisotopic (exact) mass is 483 g/mol. The molecule has 3 aromatic rings. The number of anilines is 2. The molecule has 7 nitrogen and oxygen atoms in total. The summed E-state index contributed by atoms with van der Waals surface area (Å²) in [6.07, 6.45) is 1.91. The van der Waals surface area contributed by atoms with Gasteiger partial charge in [-0.2, -0.15) is 4.31 Å². The lowest BCUT2D eigenvalue weighted by Crippen LogP contribution is -2.39. The van der Waals surface area contributed by atoms with Crippen molar-refractivity contribution in [1.82, 2.24) is 4.31 Å². The lowest BCUT2D eigenvalue weighted by atomic mass is 10.0. The average Bonchev–Trinajstić information content (AvgIpc) is 3.35. The number of amides is 2. The highest BCUT2D eigenvalue weighted by atomic mass is 32.2. The minimum absolute atomic E-state index is 0.198. The molecule has 2 heterocycles. The van der Waals surface area contributed by atoms with E-state index in [1.165, 1.54) is 27.8 Å². The molecule has 2 N–H and O–H groups in total. The fourth-order valence-electron chi connectivity index (χ4n) is 3.73. The van der Waals surface area contributed by atoms with Crippen LogP contribution in [0.5, 0.6) is 0 Å². The number of sulfonamides is 1. The van der Waals surface area contributed by atoms with Gasteiger partial charge in [0.15, 0.2) is 0 Å². The van der Waals surface area contributed by atoms with Gasteiger partial charge in [0, 0.05) is 30.0 Å². The molecule has 1 unspecified atom stereocenters. The normalized spacial score (nSPS) is 16.8. The predicted octanol–water partition coefficient (Wildman–Crippen LogP) is 4.67. The molecule has 33 heavy (non-hydrogen) atoms. The molecular weight excluding hydrogens is 458 g/mol. The zero-order chi connectivity index (χ0) is 23.4. The lowest BCUT2D eigenvalue weighted by Gasteiger charge is -2.30. The van der Waals surface area contributed by atoms with Crippen LogP contribution in [0.15, 0.2) is 70.9 Å². The highest BCUT2D eigenvalue weighted by Crippen LogP contribution is 2.24. The molecule has 0 saturated carbocycles. The number of thiophene rings is 1. The van der Waals surface area contributed by atoms with Crippen molar-refractivity contribution < 1.29 is 18.0 Å².